The van der Waals surface area contributed by atoms with Gasteiger partial charge in [0.1, 0.15) is 0 Å². The van der Waals surface area contributed by atoms with E-state index in [1.165, 1.54) is 12.1 Å². The molecule has 2 aliphatic rings. The molecule has 3 aromatic carbocycles. The first kappa shape index (κ1) is 30.7. The molecular formula is C33H33ClN4O6. The Bertz CT molecular complexity index is 1600. The number of ether oxygens (including phenoxy) is 1. The molecule has 1 atom stereocenters. The van der Waals surface area contributed by atoms with Crippen molar-refractivity contribution in [1.82, 2.24) is 9.80 Å². The Kier molecular flexibility index (Phi) is 9.29. The van der Waals surface area contributed by atoms with Crippen molar-refractivity contribution >= 4 is 40.8 Å². The van der Waals surface area contributed by atoms with E-state index in [2.05, 4.69) is 4.90 Å². The summed E-state index contributed by atoms with van der Waals surface area (Å²) in [6.45, 7) is 6.24. The van der Waals surface area contributed by atoms with E-state index in [0.717, 1.165) is 16.8 Å². The molecule has 0 radical (unpaired) electrons. The molecule has 2 amide bonds. The van der Waals surface area contributed by atoms with Crippen molar-refractivity contribution in [3.63, 3.8) is 0 Å². The molecule has 228 valence electrons. The molecule has 3 aromatic rings. The van der Waals surface area contributed by atoms with E-state index >= 15 is 0 Å². The summed E-state index contributed by atoms with van der Waals surface area (Å²) in [6, 6.07) is 20.8. The smallest absolute Gasteiger partial charge is 0.336 e. The summed E-state index contributed by atoms with van der Waals surface area (Å²) in [6.07, 6.45) is 0.105. The number of rotatable bonds is 8. The van der Waals surface area contributed by atoms with Crippen LogP contribution < -0.4 is 4.90 Å². The van der Waals surface area contributed by atoms with Gasteiger partial charge in [0.25, 0.3) is 11.6 Å². The first-order valence-electron chi connectivity index (χ1n) is 14.5. The molecule has 11 heteroatoms. The second-order valence-corrected chi connectivity index (χ2v) is 11.2. The van der Waals surface area contributed by atoms with Gasteiger partial charge >= 0.3 is 5.97 Å². The maximum absolute atomic E-state index is 13.4. The lowest BCUT2D eigenvalue weighted by molar-refractivity contribution is -0.384. The van der Waals surface area contributed by atoms with E-state index in [0.29, 0.717) is 48.0 Å². The minimum absolute atomic E-state index is 0.0445. The van der Waals surface area contributed by atoms with Gasteiger partial charge in [0.05, 0.1) is 23.6 Å². The number of non-ortho nitro benzene ring substituents is 1. The van der Waals surface area contributed by atoms with Gasteiger partial charge in [0.15, 0.2) is 0 Å². The largest absolute Gasteiger partial charge is 0.463 e. The number of nitro benzene ring substituents is 1. The van der Waals surface area contributed by atoms with Gasteiger partial charge in [-0.3, -0.25) is 19.7 Å². The van der Waals surface area contributed by atoms with E-state index in [1.807, 2.05) is 18.2 Å². The number of halogens is 1. The Labute approximate surface area is 260 Å². The molecule has 2 aliphatic heterocycles. The fraction of sp³-hybridized carbons (Fsp3) is 0.303. The van der Waals surface area contributed by atoms with E-state index < -0.39 is 16.8 Å². The quantitative estimate of drug-likeness (QED) is 0.185. The highest BCUT2D eigenvalue weighted by atomic mass is 35.5. The zero-order valence-corrected chi connectivity index (χ0v) is 25.3. The SMILES string of the molecule is CCOC(=O)C1=C(C)N(Cc2ccc(C(=O)N3CCN(c4ccc([N+](=O)[O-])cc4)CC3)cc2)C(=O)CC1c1cccc(Cl)c1. The first-order chi connectivity index (χ1) is 21.2. The normalized spacial score (nSPS) is 17.1. The van der Waals surface area contributed by atoms with E-state index in [4.69, 9.17) is 16.3 Å². The van der Waals surface area contributed by atoms with Gasteiger partial charge in [-0.15, -0.1) is 0 Å². The number of allylic oxidation sites excluding steroid dienone is 1. The highest BCUT2D eigenvalue weighted by molar-refractivity contribution is 6.30. The van der Waals surface area contributed by atoms with Gasteiger partial charge < -0.3 is 19.4 Å². The van der Waals surface area contributed by atoms with E-state index in [9.17, 15) is 24.5 Å². The summed E-state index contributed by atoms with van der Waals surface area (Å²) in [4.78, 5) is 55.7. The van der Waals surface area contributed by atoms with Crippen molar-refractivity contribution in [3.05, 3.63) is 116 Å². The van der Waals surface area contributed by atoms with Crippen LogP contribution in [0.1, 0.15) is 47.7 Å². The number of esters is 1. The molecular weight excluding hydrogens is 584 g/mol. The minimum Gasteiger partial charge on any atom is -0.463 e. The zero-order valence-electron chi connectivity index (χ0n) is 24.6. The molecule has 10 nitrogen and oxygen atoms in total. The summed E-state index contributed by atoms with van der Waals surface area (Å²) in [7, 11) is 0. The number of hydrogen-bond acceptors (Lipinski definition) is 7. The molecule has 2 heterocycles. The second-order valence-electron chi connectivity index (χ2n) is 10.8. The average Bonchev–Trinajstić information content (AvgIpc) is 3.03. The lowest BCUT2D eigenvalue weighted by atomic mass is 9.83. The number of nitro groups is 1. The molecule has 1 unspecified atom stereocenters. The van der Waals surface area contributed by atoms with Crippen molar-refractivity contribution in [2.24, 2.45) is 0 Å². The van der Waals surface area contributed by atoms with Crippen LogP contribution in [0.3, 0.4) is 0 Å². The van der Waals surface area contributed by atoms with Gasteiger partial charge in [-0.25, -0.2) is 4.79 Å². The predicted molar refractivity (Wildman–Crippen MR) is 166 cm³/mol. The second kappa shape index (κ2) is 13.3. The van der Waals surface area contributed by atoms with Crippen LogP contribution in [0.5, 0.6) is 0 Å². The lowest BCUT2D eigenvalue weighted by Gasteiger charge is -2.36. The third kappa shape index (κ3) is 6.60. The van der Waals surface area contributed by atoms with Gasteiger partial charge in [-0.2, -0.15) is 0 Å². The Morgan fingerprint density at radius 2 is 1.68 bits per heavy atom. The van der Waals surface area contributed by atoms with Crippen LogP contribution in [0.15, 0.2) is 84.1 Å². The molecule has 0 saturated carbocycles. The number of carbonyl (C=O) groups is 3. The van der Waals surface area contributed by atoms with Crippen LogP contribution in [-0.4, -0.2) is 65.3 Å². The van der Waals surface area contributed by atoms with Gasteiger partial charge in [-0.1, -0.05) is 35.9 Å². The van der Waals surface area contributed by atoms with Crippen molar-refractivity contribution in [2.45, 2.75) is 32.7 Å². The number of hydrogen-bond donors (Lipinski definition) is 0. The van der Waals surface area contributed by atoms with Crippen molar-refractivity contribution in [3.8, 4) is 0 Å². The maximum atomic E-state index is 13.4. The summed E-state index contributed by atoms with van der Waals surface area (Å²) >= 11 is 6.22. The monoisotopic (exact) mass is 616 g/mol. The topological polar surface area (TPSA) is 113 Å². The molecule has 1 fully saturated rings. The standard InChI is InChI=1S/C33H33ClN4O6/c1-3-44-33(41)31-22(2)37(30(39)20-29(31)25-5-4-6-26(34)19-25)21-23-7-9-24(10-8-23)32(40)36-17-15-35(16-18-36)27-11-13-28(14-12-27)38(42)43/h4-14,19,29H,3,15-18,20-21H2,1-2H3. The Morgan fingerprint density at radius 1 is 1.00 bits per heavy atom. The summed E-state index contributed by atoms with van der Waals surface area (Å²) in [5, 5.41) is 11.5. The zero-order chi connectivity index (χ0) is 31.4. The Hall–Kier alpha value is -4.70. The average molecular weight is 617 g/mol. The third-order valence-corrected chi connectivity index (χ3v) is 8.34. The first-order valence-corrected chi connectivity index (χ1v) is 14.9. The lowest BCUT2D eigenvalue weighted by Crippen LogP contribution is -2.48. The van der Waals surface area contributed by atoms with Crippen LogP contribution >= 0.6 is 11.6 Å². The molecule has 0 N–H and O–H groups in total. The minimum atomic E-state index is -0.461. The van der Waals surface area contributed by atoms with Crippen LogP contribution in [0.4, 0.5) is 11.4 Å². The van der Waals surface area contributed by atoms with Crippen LogP contribution in [-0.2, 0) is 20.9 Å². The fourth-order valence-corrected chi connectivity index (χ4v) is 5.95. The number of amides is 2. The van der Waals surface area contributed by atoms with Crippen molar-refractivity contribution in [2.75, 3.05) is 37.7 Å². The van der Waals surface area contributed by atoms with Gasteiger partial charge in [0, 0.05) is 72.6 Å². The molecule has 0 bridgehead atoms. The number of nitrogens with zero attached hydrogens (tertiary/aromatic N) is 4. The van der Waals surface area contributed by atoms with Crippen molar-refractivity contribution < 1.29 is 24.0 Å². The van der Waals surface area contributed by atoms with Gasteiger partial charge in [0.2, 0.25) is 5.91 Å². The molecule has 0 spiro atoms. The van der Waals surface area contributed by atoms with Gasteiger partial charge in [-0.05, 0) is 61.4 Å². The molecule has 0 aliphatic carbocycles. The number of piperazine rings is 1. The highest BCUT2D eigenvalue weighted by Crippen LogP contribution is 2.38. The summed E-state index contributed by atoms with van der Waals surface area (Å²) in [5.41, 5.74) is 4.05. The summed E-state index contributed by atoms with van der Waals surface area (Å²) < 4.78 is 5.37. The van der Waals surface area contributed by atoms with Crippen LogP contribution in [0, 0.1) is 10.1 Å². The van der Waals surface area contributed by atoms with Crippen molar-refractivity contribution in [1.29, 1.82) is 0 Å². The number of anilines is 1. The Balaban J connectivity index is 1.26. The maximum Gasteiger partial charge on any atom is 0.336 e. The fourth-order valence-electron chi connectivity index (χ4n) is 5.76. The summed E-state index contributed by atoms with van der Waals surface area (Å²) in [5.74, 6) is -1.12. The molecule has 1 saturated heterocycles. The third-order valence-electron chi connectivity index (χ3n) is 8.10. The molecule has 44 heavy (non-hydrogen) atoms. The van der Waals surface area contributed by atoms with E-state index in [-0.39, 0.29) is 37.1 Å². The highest BCUT2D eigenvalue weighted by Gasteiger charge is 2.37. The number of benzene rings is 3. The van der Waals surface area contributed by atoms with E-state index in [1.54, 1.807) is 66.1 Å². The Morgan fingerprint density at radius 3 is 2.30 bits per heavy atom. The van der Waals surface area contributed by atoms with Crippen LogP contribution in [0.25, 0.3) is 0 Å². The van der Waals surface area contributed by atoms with Crippen LogP contribution in [0.2, 0.25) is 5.02 Å². The predicted octanol–water partition coefficient (Wildman–Crippen LogP) is 5.56. The number of carbonyl (C=O) groups excluding carboxylic acids is 3. The molecule has 5 rings (SSSR count). The molecule has 0 aromatic heterocycles.